The summed E-state index contributed by atoms with van der Waals surface area (Å²) in [6, 6.07) is 21.7. The number of benzene rings is 3. The van der Waals surface area contributed by atoms with E-state index < -0.39 is 6.04 Å². The fourth-order valence-electron chi connectivity index (χ4n) is 3.73. The normalized spacial score (nSPS) is 11.8. The van der Waals surface area contributed by atoms with Gasteiger partial charge >= 0.3 is 0 Å². The minimum atomic E-state index is -0.708. The van der Waals surface area contributed by atoms with Gasteiger partial charge in [-0.25, -0.2) is 0 Å². The van der Waals surface area contributed by atoms with Crippen LogP contribution in [-0.4, -0.2) is 34.6 Å². The van der Waals surface area contributed by atoms with Gasteiger partial charge in [0.15, 0.2) is 0 Å². The third-order valence-electron chi connectivity index (χ3n) is 5.44. The molecule has 0 aliphatic carbocycles. The van der Waals surface area contributed by atoms with Crippen molar-refractivity contribution in [3.05, 3.63) is 105 Å². The van der Waals surface area contributed by atoms with E-state index in [1.807, 2.05) is 68.4 Å². The van der Waals surface area contributed by atoms with Gasteiger partial charge in [0.2, 0.25) is 11.8 Å². The topological polar surface area (TPSA) is 49.4 Å². The smallest absolute Gasteiger partial charge is 0.243 e. The molecular weight excluding hydrogens is 535 g/mol. The van der Waals surface area contributed by atoms with Crippen molar-refractivity contribution in [3.8, 4) is 0 Å². The summed E-state index contributed by atoms with van der Waals surface area (Å²) in [6.07, 6.45) is 0.384. The van der Waals surface area contributed by atoms with Crippen molar-refractivity contribution in [2.24, 2.45) is 0 Å². The molecule has 0 unspecified atom stereocenters. The third-order valence-corrected chi connectivity index (χ3v) is 7.25. The molecule has 1 atom stereocenters. The Hall–Kier alpha value is -2.18. The Morgan fingerprint density at radius 3 is 2.25 bits per heavy atom. The van der Waals surface area contributed by atoms with Crippen LogP contribution < -0.4 is 5.32 Å². The molecule has 3 rings (SSSR count). The van der Waals surface area contributed by atoms with E-state index in [9.17, 15) is 9.59 Å². The van der Waals surface area contributed by atoms with Crippen LogP contribution in [-0.2, 0) is 28.3 Å². The predicted octanol–water partition coefficient (Wildman–Crippen LogP) is 7.04. The van der Waals surface area contributed by atoms with Crippen molar-refractivity contribution in [1.82, 2.24) is 10.2 Å². The Morgan fingerprint density at radius 1 is 0.889 bits per heavy atom. The number of carbonyl (C=O) groups is 2. The lowest BCUT2D eigenvalue weighted by atomic mass is 10.0. The number of hydrogen-bond donors (Lipinski definition) is 1. The van der Waals surface area contributed by atoms with Crippen LogP contribution in [0.2, 0.25) is 15.1 Å². The predicted molar refractivity (Wildman–Crippen MR) is 152 cm³/mol. The van der Waals surface area contributed by atoms with Crippen LogP contribution in [0.25, 0.3) is 0 Å². The highest BCUT2D eigenvalue weighted by Gasteiger charge is 2.31. The van der Waals surface area contributed by atoms with E-state index in [4.69, 9.17) is 34.8 Å². The van der Waals surface area contributed by atoms with Crippen molar-refractivity contribution in [3.63, 3.8) is 0 Å². The molecule has 0 saturated carbocycles. The van der Waals surface area contributed by atoms with Gasteiger partial charge in [-0.1, -0.05) is 83.3 Å². The molecule has 0 radical (unpaired) electrons. The minimum Gasteiger partial charge on any atom is -0.352 e. The first-order valence-corrected chi connectivity index (χ1v) is 13.9. The van der Waals surface area contributed by atoms with Gasteiger partial charge in [0.25, 0.3) is 0 Å². The SMILES string of the molecule is CC(C)NC(=O)[C@H](Cc1ccccc1)N(Cc1ccc(Cl)cc1Cl)C(=O)CSCc1cccc(Cl)c1. The third kappa shape index (κ3) is 8.74. The Balaban J connectivity index is 1.88. The Labute approximate surface area is 232 Å². The summed E-state index contributed by atoms with van der Waals surface area (Å²) in [5, 5.41) is 4.61. The summed E-state index contributed by atoms with van der Waals surface area (Å²) in [6.45, 7) is 4.00. The number of nitrogens with one attached hydrogen (secondary N) is 1. The summed E-state index contributed by atoms with van der Waals surface area (Å²) in [5.74, 6) is 0.487. The highest BCUT2D eigenvalue weighted by Crippen LogP contribution is 2.25. The van der Waals surface area contributed by atoms with E-state index in [-0.39, 0.29) is 30.2 Å². The van der Waals surface area contributed by atoms with E-state index in [0.29, 0.717) is 27.2 Å². The summed E-state index contributed by atoms with van der Waals surface area (Å²) in [4.78, 5) is 28.6. The fourth-order valence-corrected chi connectivity index (χ4v) is 5.27. The largest absolute Gasteiger partial charge is 0.352 e. The van der Waals surface area contributed by atoms with Gasteiger partial charge in [-0.05, 0) is 54.8 Å². The molecule has 190 valence electrons. The Kier molecular flexibility index (Phi) is 11.0. The van der Waals surface area contributed by atoms with Crippen LogP contribution in [0.3, 0.4) is 0 Å². The standard InChI is InChI=1S/C28H29Cl3N2O2S/c1-19(2)32-28(35)26(14-20-7-4-3-5-8-20)33(16-22-11-12-24(30)15-25(22)31)27(34)18-36-17-21-9-6-10-23(29)13-21/h3-13,15,19,26H,14,16-18H2,1-2H3,(H,32,35)/t26-/m0/s1. The van der Waals surface area contributed by atoms with E-state index in [1.165, 1.54) is 11.8 Å². The second-order valence-corrected chi connectivity index (χ2v) is 11.0. The molecule has 4 nitrogen and oxygen atoms in total. The Bertz CT molecular complexity index is 1170. The molecule has 3 aromatic carbocycles. The van der Waals surface area contributed by atoms with Crippen molar-refractivity contribution < 1.29 is 9.59 Å². The van der Waals surface area contributed by atoms with Crippen molar-refractivity contribution >= 4 is 58.4 Å². The maximum absolute atomic E-state index is 13.6. The van der Waals surface area contributed by atoms with E-state index in [1.54, 1.807) is 23.1 Å². The van der Waals surface area contributed by atoms with Crippen LogP contribution in [0, 0.1) is 0 Å². The number of hydrogen-bond acceptors (Lipinski definition) is 3. The van der Waals surface area contributed by atoms with Crippen molar-refractivity contribution in [1.29, 1.82) is 0 Å². The zero-order valence-electron chi connectivity index (χ0n) is 20.2. The lowest BCUT2D eigenvalue weighted by Crippen LogP contribution is -2.52. The summed E-state index contributed by atoms with van der Waals surface area (Å²) < 4.78 is 0. The lowest BCUT2D eigenvalue weighted by molar-refractivity contribution is -0.139. The first kappa shape index (κ1) is 28.4. The maximum atomic E-state index is 13.6. The first-order chi connectivity index (χ1) is 17.2. The van der Waals surface area contributed by atoms with E-state index >= 15 is 0 Å². The van der Waals surface area contributed by atoms with Gasteiger partial charge in [-0.15, -0.1) is 11.8 Å². The number of rotatable bonds is 11. The van der Waals surface area contributed by atoms with E-state index in [2.05, 4.69) is 5.32 Å². The molecule has 0 heterocycles. The number of halogens is 3. The number of carbonyl (C=O) groups excluding carboxylic acids is 2. The molecule has 0 spiro atoms. The minimum absolute atomic E-state index is 0.0657. The number of amides is 2. The number of thioether (sulfide) groups is 1. The quantitative estimate of drug-likeness (QED) is 0.272. The average molecular weight is 564 g/mol. The van der Waals surface area contributed by atoms with Gasteiger partial charge in [0.05, 0.1) is 5.75 Å². The molecule has 1 N–H and O–H groups in total. The molecule has 0 saturated heterocycles. The zero-order valence-corrected chi connectivity index (χ0v) is 23.3. The van der Waals surface area contributed by atoms with Crippen LogP contribution in [0.1, 0.15) is 30.5 Å². The molecule has 2 amide bonds. The molecule has 0 aliphatic heterocycles. The summed E-state index contributed by atoms with van der Waals surface area (Å²) >= 11 is 20.1. The summed E-state index contributed by atoms with van der Waals surface area (Å²) in [5.41, 5.74) is 2.73. The molecule has 0 bridgehead atoms. The monoisotopic (exact) mass is 562 g/mol. The van der Waals surface area contributed by atoms with Crippen molar-refractivity contribution in [2.75, 3.05) is 5.75 Å². The fraction of sp³-hybridized carbons (Fsp3) is 0.286. The molecule has 0 aliphatic rings. The zero-order chi connectivity index (χ0) is 26.1. The molecule has 0 fully saturated rings. The lowest BCUT2D eigenvalue weighted by Gasteiger charge is -2.32. The van der Waals surface area contributed by atoms with Gasteiger partial charge in [-0.2, -0.15) is 0 Å². The highest BCUT2D eigenvalue weighted by atomic mass is 35.5. The van der Waals surface area contributed by atoms with Gasteiger partial charge in [0.1, 0.15) is 6.04 Å². The first-order valence-electron chi connectivity index (χ1n) is 11.6. The highest BCUT2D eigenvalue weighted by molar-refractivity contribution is 7.99. The van der Waals surface area contributed by atoms with Gasteiger partial charge < -0.3 is 10.2 Å². The molecule has 8 heteroatoms. The van der Waals surface area contributed by atoms with Gasteiger partial charge in [0, 0.05) is 39.8 Å². The van der Waals surface area contributed by atoms with E-state index in [0.717, 1.165) is 16.7 Å². The maximum Gasteiger partial charge on any atom is 0.243 e. The number of nitrogens with zero attached hydrogens (tertiary/aromatic N) is 1. The second-order valence-electron chi connectivity index (χ2n) is 8.75. The molecule has 3 aromatic rings. The van der Waals surface area contributed by atoms with Crippen molar-refractivity contribution in [2.45, 2.75) is 44.6 Å². The van der Waals surface area contributed by atoms with Crippen LogP contribution in [0.5, 0.6) is 0 Å². The van der Waals surface area contributed by atoms with Crippen LogP contribution in [0.15, 0.2) is 72.8 Å². The second kappa shape index (κ2) is 13.9. The van der Waals surface area contributed by atoms with Crippen LogP contribution >= 0.6 is 46.6 Å². The molecule has 36 heavy (non-hydrogen) atoms. The molecular formula is C28H29Cl3N2O2S. The van der Waals surface area contributed by atoms with Gasteiger partial charge in [-0.3, -0.25) is 9.59 Å². The summed E-state index contributed by atoms with van der Waals surface area (Å²) in [7, 11) is 0. The average Bonchev–Trinajstić information content (AvgIpc) is 2.82. The Morgan fingerprint density at radius 2 is 1.58 bits per heavy atom. The van der Waals surface area contributed by atoms with Crippen LogP contribution in [0.4, 0.5) is 0 Å². The molecule has 0 aromatic heterocycles.